The summed E-state index contributed by atoms with van der Waals surface area (Å²) in [6.45, 7) is 0. The van der Waals surface area contributed by atoms with Crippen LogP contribution in [0.25, 0.3) is 0 Å². The number of hydrogen-bond donors (Lipinski definition) is 2. The van der Waals surface area contributed by atoms with Gasteiger partial charge in [-0.25, -0.2) is 0 Å². The van der Waals surface area contributed by atoms with Crippen LogP contribution < -0.4 is 10.5 Å². The highest BCUT2D eigenvalue weighted by Crippen LogP contribution is 2.19. The highest BCUT2D eigenvalue weighted by Gasteiger charge is 2.10. The second-order valence-electron chi connectivity index (χ2n) is 2.96. The van der Waals surface area contributed by atoms with Gasteiger partial charge in [-0.1, -0.05) is 12.1 Å². The number of ether oxygens (including phenoxy) is 1. The van der Waals surface area contributed by atoms with E-state index in [1.165, 1.54) is 0 Å². The van der Waals surface area contributed by atoms with Crippen molar-refractivity contribution in [2.45, 2.75) is 12.5 Å². The number of hydrogen-bond acceptors (Lipinski definition) is 3. The molecular formula is C10H13NO3. The molecule has 76 valence electrons. The zero-order valence-corrected chi connectivity index (χ0v) is 7.93. The van der Waals surface area contributed by atoms with Gasteiger partial charge in [-0.15, -0.1) is 0 Å². The summed E-state index contributed by atoms with van der Waals surface area (Å²) in [5.41, 5.74) is 5.62. The number of methoxy groups -OCH3 is 1. The first-order valence-corrected chi connectivity index (χ1v) is 4.24. The standard InChI is InChI=1S/C10H13NO3/c1-14-8-4-2-7(3-5-8)9(12)6-10(11)13/h2-5,9,12H,6H2,1H3,(H2,11,13). The summed E-state index contributed by atoms with van der Waals surface area (Å²) in [4.78, 5) is 10.5. The molecule has 0 aromatic heterocycles. The average Bonchev–Trinajstić information content (AvgIpc) is 2.17. The van der Waals surface area contributed by atoms with Crippen molar-refractivity contribution in [1.29, 1.82) is 0 Å². The van der Waals surface area contributed by atoms with Gasteiger partial charge in [0.15, 0.2) is 0 Å². The van der Waals surface area contributed by atoms with Crippen LogP contribution in [0.2, 0.25) is 0 Å². The van der Waals surface area contributed by atoms with E-state index in [0.29, 0.717) is 11.3 Å². The van der Waals surface area contributed by atoms with Crippen LogP contribution in [0.5, 0.6) is 5.75 Å². The van der Waals surface area contributed by atoms with Gasteiger partial charge in [0.05, 0.1) is 19.6 Å². The Kier molecular flexibility index (Phi) is 3.48. The van der Waals surface area contributed by atoms with Crippen molar-refractivity contribution in [2.75, 3.05) is 7.11 Å². The predicted octanol–water partition coefficient (Wildman–Crippen LogP) is 0.604. The van der Waals surface area contributed by atoms with Crippen LogP contribution >= 0.6 is 0 Å². The molecule has 4 nitrogen and oxygen atoms in total. The highest BCUT2D eigenvalue weighted by molar-refractivity contribution is 5.74. The normalized spacial score (nSPS) is 12.1. The maximum atomic E-state index is 10.5. The van der Waals surface area contributed by atoms with E-state index >= 15 is 0 Å². The summed E-state index contributed by atoms with van der Waals surface area (Å²) in [7, 11) is 1.56. The zero-order valence-electron chi connectivity index (χ0n) is 7.93. The molecule has 1 aromatic rings. The second-order valence-corrected chi connectivity index (χ2v) is 2.96. The van der Waals surface area contributed by atoms with Crippen molar-refractivity contribution < 1.29 is 14.6 Å². The maximum absolute atomic E-state index is 10.5. The van der Waals surface area contributed by atoms with Crippen molar-refractivity contribution >= 4 is 5.91 Å². The molecule has 1 amide bonds. The smallest absolute Gasteiger partial charge is 0.220 e. The molecule has 0 radical (unpaired) electrons. The SMILES string of the molecule is COc1ccc(C(O)CC(N)=O)cc1. The summed E-state index contributed by atoms with van der Waals surface area (Å²) >= 11 is 0. The number of benzene rings is 1. The summed E-state index contributed by atoms with van der Waals surface area (Å²) in [6.07, 6.45) is -0.898. The molecule has 0 aliphatic heterocycles. The second kappa shape index (κ2) is 4.62. The van der Waals surface area contributed by atoms with Gasteiger partial charge in [-0.2, -0.15) is 0 Å². The zero-order chi connectivity index (χ0) is 10.6. The summed E-state index contributed by atoms with van der Waals surface area (Å²) < 4.78 is 4.96. The summed E-state index contributed by atoms with van der Waals surface area (Å²) in [5, 5.41) is 9.51. The molecule has 1 aromatic carbocycles. The van der Waals surface area contributed by atoms with E-state index < -0.39 is 12.0 Å². The fourth-order valence-corrected chi connectivity index (χ4v) is 1.13. The number of carbonyl (C=O) groups is 1. The monoisotopic (exact) mass is 195 g/mol. The van der Waals surface area contributed by atoms with Gasteiger partial charge in [-0.05, 0) is 17.7 Å². The van der Waals surface area contributed by atoms with Crippen LogP contribution in [0.15, 0.2) is 24.3 Å². The number of primary amides is 1. The van der Waals surface area contributed by atoms with Crippen molar-refractivity contribution in [1.82, 2.24) is 0 Å². The van der Waals surface area contributed by atoms with Crippen LogP contribution in [-0.4, -0.2) is 18.1 Å². The lowest BCUT2D eigenvalue weighted by Gasteiger charge is -2.08. The molecule has 0 fully saturated rings. The fraction of sp³-hybridized carbons (Fsp3) is 0.300. The van der Waals surface area contributed by atoms with Crippen LogP contribution in [0.1, 0.15) is 18.1 Å². The molecule has 0 aliphatic rings. The van der Waals surface area contributed by atoms with Crippen molar-refractivity contribution in [3.63, 3.8) is 0 Å². The van der Waals surface area contributed by atoms with Crippen molar-refractivity contribution in [2.24, 2.45) is 5.73 Å². The van der Waals surface area contributed by atoms with Crippen molar-refractivity contribution in [3.05, 3.63) is 29.8 Å². The highest BCUT2D eigenvalue weighted by atomic mass is 16.5. The molecule has 3 N–H and O–H groups in total. The van der Waals surface area contributed by atoms with Gasteiger partial charge in [-0.3, -0.25) is 4.79 Å². The van der Waals surface area contributed by atoms with Crippen LogP contribution in [0.4, 0.5) is 0 Å². The van der Waals surface area contributed by atoms with Gasteiger partial charge in [0.1, 0.15) is 5.75 Å². The average molecular weight is 195 g/mol. The molecule has 14 heavy (non-hydrogen) atoms. The molecule has 0 aliphatic carbocycles. The van der Waals surface area contributed by atoms with E-state index in [1.54, 1.807) is 31.4 Å². The van der Waals surface area contributed by atoms with E-state index in [-0.39, 0.29) is 6.42 Å². The maximum Gasteiger partial charge on any atom is 0.220 e. The van der Waals surface area contributed by atoms with Crippen molar-refractivity contribution in [3.8, 4) is 5.75 Å². The predicted molar refractivity (Wildman–Crippen MR) is 51.8 cm³/mol. The number of amides is 1. The first kappa shape index (κ1) is 10.5. The van der Waals surface area contributed by atoms with Gasteiger partial charge >= 0.3 is 0 Å². The Morgan fingerprint density at radius 3 is 2.50 bits per heavy atom. The van der Waals surface area contributed by atoms with Crippen LogP contribution in [-0.2, 0) is 4.79 Å². The number of nitrogens with two attached hydrogens (primary N) is 1. The number of aliphatic hydroxyl groups is 1. The van der Waals surface area contributed by atoms with Gasteiger partial charge in [0.25, 0.3) is 0 Å². The quantitative estimate of drug-likeness (QED) is 0.739. The number of rotatable bonds is 4. The minimum atomic E-state index is -0.835. The third-order valence-corrected chi connectivity index (χ3v) is 1.90. The largest absolute Gasteiger partial charge is 0.497 e. The minimum Gasteiger partial charge on any atom is -0.497 e. The van der Waals surface area contributed by atoms with E-state index in [9.17, 15) is 9.90 Å². The Hall–Kier alpha value is -1.55. The minimum absolute atomic E-state index is 0.0632. The molecule has 0 heterocycles. The topological polar surface area (TPSA) is 72.6 Å². The van der Waals surface area contributed by atoms with E-state index in [2.05, 4.69) is 0 Å². The molecule has 0 bridgehead atoms. The Morgan fingerprint density at radius 2 is 2.07 bits per heavy atom. The molecule has 1 atom stereocenters. The molecule has 0 saturated heterocycles. The lowest BCUT2D eigenvalue weighted by molar-refractivity contribution is -0.119. The van der Waals surface area contributed by atoms with Gasteiger partial charge in [0, 0.05) is 0 Å². The lowest BCUT2D eigenvalue weighted by atomic mass is 10.1. The summed E-state index contributed by atoms with van der Waals surface area (Å²) in [5.74, 6) is 0.188. The molecule has 1 rings (SSSR count). The van der Waals surface area contributed by atoms with Crippen LogP contribution in [0.3, 0.4) is 0 Å². The summed E-state index contributed by atoms with van der Waals surface area (Å²) in [6, 6.07) is 6.85. The first-order chi connectivity index (χ1) is 6.63. The third-order valence-electron chi connectivity index (χ3n) is 1.90. The molecule has 0 saturated carbocycles. The molecular weight excluding hydrogens is 182 g/mol. The van der Waals surface area contributed by atoms with Gasteiger partial charge < -0.3 is 15.6 Å². The first-order valence-electron chi connectivity index (χ1n) is 4.24. The lowest BCUT2D eigenvalue weighted by Crippen LogP contribution is -2.14. The van der Waals surface area contributed by atoms with E-state index in [4.69, 9.17) is 10.5 Å². The number of carbonyl (C=O) groups excluding carboxylic acids is 1. The van der Waals surface area contributed by atoms with E-state index in [0.717, 1.165) is 0 Å². The Bertz CT molecular complexity index is 308. The Labute approximate surface area is 82.3 Å². The van der Waals surface area contributed by atoms with Crippen LogP contribution in [0, 0.1) is 0 Å². The van der Waals surface area contributed by atoms with Gasteiger partial charge in [0.2, 0.25) is 5.91 Å². The Balaban J connectivity index is 2.71. The van der Waals surface area contributed by atoms with E-state index in [1.807, 2.05) is 0 Å². The molecule has 0 spiro atoms. The Morgan fingerprint density at radius 1 is 1.50 bits per heavy atom. The molecule has 1 unspecified atom stereocenters. The molecule has 4 heteroatoms. The number of aliphatic hydroxyl groups excluding tert-OH is 1. The third kappa shape index (κ3) is 2.74. The fourth-order valence-electron chi connectivity index (χ4n) is 1.13.